The summed E-state index contributed by atoms with van der Waals surface area (Å²) in [4.78, 5) is 21.2. The van der Waals surface area contributed by atoms with Crippen molar-refractivity contribution in [2.24, 2.45) is 0 Å². The molecule has 0 saturated heterocycles. The number of anilines is 2. The lowest BCUT2D eigenvalue weighted by atomic mass is 10.1. The smallest absolute Gasteiger partial charge is 0.292 e. The van der Waals surface area contributed by atoms with Crippen molar-refractivity contribution in [2.45, 2.75) is 10.5 Å². The molecule has 0 bridgehead atoms. The van der Waals surface area contributed by atoms with Crippen LogP contribution in [0.1, 0.15) is 21.6 Å². The Bertz CT molecular complexity index is 1080. The molecule has 2 atom stereocenters. The SMILES string of the molecule is O=[N+]([O-])c1ccc(C(CO)S(=O)(=O)C(CO)c2ccc([N+](=O)[O-])c(NCCO)c2)cc1NCCO. The molecule has 192 valence electrons. The molecular weight excluding hydrogens is 488 g/mol. The van der Waals surface area contributed by atoms with Crippen LogP contribution in [0.5, 0.6) is 0 Å². The van der Waals surface area contributed by atoms with Gasteiger partial charge in [0.05, 0.1) is 36.3 Å². The average Bonchev–Trinajstić information content (AvgIpc) is 2.81. The van der Waals surface area contributed by atoms with E-state index in [0.29, 0.717) is 0 Å². The van der Waals surface area contributed by atoms with Crippen LogP contribution in [-0.2, 0) is 9.84 Å². The van der Waals surface area contributed by atoms with Crippen LogP contribution in [-0.4, -0.2) is 78.2 Å². The van der Waals surface area contributed by atoms with E-state index in [2.05, 4.69) is 10.6 Å². The largest absolute Gasteiger partial charge is 0.395 e. The molecule has 0 aliphatic rings. The van der Waals surface area contributed by atoms with Crippen LogP contribution < -0.4 is 10.6 Å². The first kappa shape index (κ1) is 27.9. The van der Waals surface area contributed by atoms with Crippen LogP contribution in [0.4, 0.5) is 22.7 Å². The number of benzene rings is 2. The Morgan fingerprint density at radius 1 is 0.743 bits per heavy atom. The molecule has 2 aromatic rings. The molecule has 0 aliphatic carbocycles. The lowest BCUT2D eigenvalue weighted by molar-refractivity contribution is -0.384. The van der Waals surface area contributed by atoms with Gasteiger partial charge in [0.2, 0.25) is 0 Å². The molecule has 0 heterocycles. The molecule has 6 N–H and O–H groups in total. The van der Waals surface area contributed by atoms with Crippen molar-refractivity contribution in [3.63, 3.8) is 0 Å². The number of nitro benzene ring substituents is 2. The molecule has 0 spiro atoms. The predicted octanol–water partition coefficient (Wildman–Crippen LogP) is 0.493. The van der Waals surface area contributed by atoms with Crippen molar-refractivity contribution in [2.75, 3.05) is 50.2 Å². The topological polar surface area (TPSA) is 225 Å². The molecule has 0 fully saturated rings. The number of aliphatic hydroxyl groups is 4. The first-order chi connectivity index (χ1) is 16.6. The maximum absolute atomic E-state index is 13.5. The van der Waals surface area contributed by atoms with Crippen LogP contribution in [0, 0.1) is 20.2 Å². The molecule has 15 heteroatoms. The van der Waals surface area contributed by atoms with Crippen molar-refractivity contribution in [3.8, 4) is 0 Å². The van der Waals surface area contributed by atoms with Gasteiger partial charge in [-0.25, -0.2) is 8.42 Å². The Hall–Kier alpha value is -3.37. The van der Waals surface area contributed by atoms with E-state index < -0.39 is 43.4 Å². The lowest BCUT2D eigenvalue weighted by Gasteiger charge is -2.23. The fourth-order valence-corrected chi connectivity index (χ4v) is 5.35. The molecule has 2 unspecified atom stereocenters. The fraction of sp³-hybridized carbons (Fsp3) is 0.400. The molecule has 0 aliphatic heterocycles. The van der Waals surface area contributed by atoms with E-state index in [0.717, 1.165) is 12.1 Å². The number of hydrogen-bond donors (Lipinski definition) is 6. The lowest BCUT2D eigenvalue weighted by Crippen LogP contribution is -2.26. The number of nitro groups is 2. The summed E-state index contributed by atoms with van der Waals surface area (Å²) in [7, 11) is -4.40. The molecule has 0 aromatic heterocycles. The van der Waals surface area contributed by atoms with Crippen molar-refractivity contribution in [1.82, 2.24) is 0 Å². The third-order valence-corrected chi connectivity index (χ3v) is 7.59. The summed E-state index contributed by atoms with van der Waals surface area (Å²) in [5, 5.41) is 62.6. The van der Waals surface area contributed by atoms with Gasteiger partial charge in [0, 0.05) is 25.2 Å². The highest BCUT2D eigenvalue weighted by atomic mass is 32.2. The average molecular weight is 515 g/mol. The molecule has 0 radical (unpaired) electrons. The minimum atomic E-state index is -4.40. The third kappa shape index (κ3) is 6.40. The monoisotopic (exact) mass is 514 g/mol. The molecule has 35 heavy (non-hydrogen) atoms. The Labute approximate surface area is 200 Å². The van der Waals surface area contributed by atoms with Crippen molar-refractivity contribution >= 4 is 32.6 Å². The van der Waals surface area contributed by atoms with Crippen molar-refractivity contribution in [3.05, 3.63) is 67.8 Å². The van der Waals surface area contributed by atoms with E-state index in [1.807, 2.05) is 0 Å². The molecule has 14 nitrogen and oxygen atoms in total. The summed E-state index contributed by atoms with van der Waals surface area (Å²) in [5.74, 6) is 0. The maximum Gasteiger partial charge on any atom is 0.292 e. The first-order valence-electron chi connectivity index (χ1n) is 10.3. The Kier molecular flexibility index (Phi) is 9.85. The second kappa shape index (κ2) is 12.4. The zero-order valence-electron chi connectivity index (χ0n) is 18.4. The minimum absolute atomic E-state index is 0.00229. The number of rotatable bonds is 14. The van der Waals surface area contributed by atoms with Crippen LogP contribution >= 0.6 is 0 Å². The standard InChI is InChI=1S/C20H26N4O10S/c25-7-5-21-15-9-13(1-3-17(15)23(29)30)19(11-27)35(33,34)20(12-28)14-2-4-18(24(31)32)16(10-14)22-6-8-26/h1-4,9-10,19-22,25-28H,5-8,11-12H2. The Morgan fingerprint density at radius 3 is 1.40 bits per heavy atom. The summed E-state index contributed by atoms with van der Waals surface area (Å²) >= 11 is 0. The van der Waals surface area contributed by atoms with Gasteiger partial charge in [0.1, 0.15) is 21.9 Å². The second-order valence-corrected chi connectivity index (χ2v) is 9.62. The van der Waals surface area contributed by atoms with Crippen molar-refractivity contribution < 1.29 is 38.7 Å². The van der Waals surface area contributed by atoms with Gasteiger partial charge in [-0.15, -0.1) is 0 Å². The van der Waals surface area contributed by atoms with E-state index in [1.54, 1.807) is 0 Å². The van der Waals surface area contributed by atoms with Gasteiger partial charge in [-0.05, 0) is 23.3 Å². The molecule has 0 amide bonds. The summed E-state index contributed by atoms with van der Waals surface area (Å²) in [6.45, 7) is -2.62. The normalized spacial score (nSPS) is 13.1. The summed E-state index contributed by atoms with van der Waals surface area (Å²) in [6.07, 6.45) is 0. The molecule has 2 aromatic carbocycles. The number of nitrogens with zero attached hydrogens (tertiary/aromatic N) is 2. The molecular formula is C20H26N4O10S. The van der Waals surface area contributed by atoms with Crippen LogP contribution in [0.15, 0.2) is 36.4 Å². The Morgan fingerprint density at radius 2 is 1.11 bits per heavy atom. The predicted molar refractivity (Wildman–Crippen MR) is 126 cm³/mol. The summed E-state index contributed by atoms with van der Waals surface area (Å²) < 4.78 is 26.9. The third-order valence-electron chi connectivity index (χ3n) is 5.16. The second-order valence-electron chi connectivity index (χ2n) is 7.30. The highest BCUT2D eigenvalue weighted by molar-refractivity contribution is 7.92. The number of nitrogens with one attached hydrogen (secondary N) is 2. The highest BCUT2D eigenvalue weighted by Crippen LogP contribution is 2.38. The van der Waals surface area contributed by atoms with E-state index in [4.69, 9.17) is 10.2 Å². The Balaban J connectivity index is 2.55. The molecule has 2 rings (SSSR count). The first-order valence-corrected chi connectivity index (χ1v) is 11.9. The van der Waals surface area contributed by atoms with Gasteiger partial charge in [-0.2, -0.15) is 0 Å². The number of aliphatic hydroxyl groups excluding tert-OH is 4. The van der Waals surface area contributed by atoms with Gasteiger partial charge in [0.15, 0.2) is 9.84 Å². The zero-order valence-corrected chi connectivity index (χ0v) is 19.2. The fourth-order valence-electron chi connectivity index (χ4n) is 3.49. The van der Waals surface area contributed by atoms with Crippen LogP contribution in [0.3, 0.4) is 0 Å². The summed E-state index contributed by atoms with van der Waals surface area (Å²) in [6, 6.07) is 6.79. The van der Waals surface area contributed by atoms with E-state index in [-0.39, 0.29) is 60.2 Å². The van der Waals surface area contributed by atoms with E-state index >= 15 is 0 Å². The number of hydrogen-bond acceptors (Lipinski definition) is 12. The van der Waals surface area contributed by atoms with E-state index in [9.17, 15) is 38.9 Å². The van der Waals surface area contributed by atoms with Crippen LogP contribution in [0.2, 0.25) is 0 Å². The van der Waals surface area contributed by atoms with Gasteiger partial charge in [-0.1, -0.05) is 12.1 Å². The number of sulfone groups is 1. The van der Waals surface area contributed by atoms with Gasteiger partial charge >= 0.3 is 0 Å². The van der Waals surface area contributed by atoms with E-state index in [1.165, 1.54) is 24.3 Å². The van der Waals surface area contributed by atoms with Gasteiger partial charge < -0.3 is 31.1 Å². The van der Waals surface area contributed by atoms with Crippen LogP contribution in [0.25, 0.3) is 0 Å². The molecule has 0 saturated carbocycles. The minimum Gasteiger partial charge on any atom is -0.395 e. The zero-order chi connectivity index (χ0) is 26.2. The van der Waals surface area contributed by atoms with Gasteiger partial charge in [0.25, 0.3) is 11.4 Å². The van der Waals surface area contributed by atoms with Crippen molar-refractivity contribution in [1.29, 1.82) is 0 Å². The summed E-state index contributed by atoms with van der Waals surface area (Å²) in [5.41, 5.74) is -0.881. The quantitative estimate of drug-likeness (QED) is 0.150. The highest BCUT2D eigenvalue weighted by Gasteiger charge is 2.37. The van der Waals surface area contributed by atoms with Gasteiger partial charge in [-0.3, -0.25) is 20.2 Å². The maximum atomic E-state index is 13.5.